The Labute approximate surface area is 435 Å². The van der Waals surface area contributed by atoms with E-state index in [0.717, 1.165) is 57.8 Å². The summed E-state index contributed by atoms with van der Waals surface area (Å²) in [6.07, 6.45) is 77.0. The molecule has 3 N–H and O–H groups in total. The molecule has 0 saturated heterocycles. The highest BCUT2D eigenvalue weighted by Gasteiger charge is 2.18. The number of carbonyl (C=O) groups excluding carboxylic acids is 2. The monoisotopic (exact) mass is 980 g/mol. The molecule has 0 aliphatic carbocycles. The Balaban J connectivity index is 3.41. The second kappa shape index (κ2) is 59.1. The number of rotatable bonds is 56. The van der Waals surface area contributed by atoms with Gasteiger partial charge in [0.15, 0.2) is 0 Å². The Kier molecular flexibility index (Phi) is 57.1. The van der Waals surface area contributed by atoms with Crippen LogP contribution in [0.25, 0.3) is 0 Å². The average molecular weight is 981 g/mol. The molecule has 0 aliphatic heterocycles. The van der Waals surface area contributed by atoms with Crippen LogP contribution in [-0.4, -0.2) is 47.4 Å². The van der Waals surface area contributed by atoms with E-state index in [-0.39, 0.29) is 18.5 Å². The number of allylic oxidation sites excluding steroid dienone is 9. The molecule has 0 rings (SSSR count). The van der Waals surface area contributed by atoms with E-state index in [1.807, 2.05) is 6.08 Å². The highest BCUT2D eigenvalue weighted by atomic mass is 16.5. The molecule has 6 nitrogen and oxygen atoms in total. The first-order chi connectivity index (χ1) is 34.5. The van der Waals surface area contributed by atoms with Crippen molar-refractivity contribution in [2.45, 2.75) is 321 Å². The van der Waals surface area contributed by atoms with Gasteiger partial charge in [-0.1, -0.05) is 261 Å². The predicted molar refractivity (Wildman–Crippen MR) is 305 cm³/mol. The number of aliphatic hydroxyl groups excluding tert-OH is 2. The number of nitrogens with one attached hydrogen (secondary N) is 1. The number of esters is 1. The Morgan fingerprint density at radius 3 is 1.11 bits per heavy atom. The summed E-state index contributed by atoms with van der Waals surface area (Å²) in [6, 6.07) is -0.627. The zero-order valence-electron chi connectivity index (χ0n) is 46.5. The third-order valence-corrected chi connectivity index (χ3v) is 13.8. The molecule has 0 fully saturated rings. The van der Waals surface area contributed by atoms with Gasteiger partial charge in [0, 0.05) is 12.8 Å². The molecule has 0 heterocycles. The number of aliphatic hydroxyl groups is 2. The van der Waals surface area contributed by atoms with E-state index >= 15 is 0 Å². The molecular formula is C64H117NO5. The van der Waals surface area contributed by atoms with Crippen molar-refractivity contribution in [3.8, 4) is 0 Å². The molecular weight excluding hydrogens is 863 g/mol. The minimum Gasteiger partial charge on any atom is -0.466 e. The van der Waals surface area contributed by atoms with E-state index in [4.69, 9.17) is 4.74 Å². The van der Waals surface area contributed by atoms with Crippen LogP contribution in [0, 0.1) is 0 Å². The number of amides is 1. The van der Waals surface area contributed by atoms with E-state index in [1.54, 1.807) is 6.08 Å². The molecule has 0 bridgehead atoms. The third-order valence-electron chi connectivity index (χ3n) is 13.8. The Bertz CT molecular complexity index is 1220. The topological polar surface area (TPSA) is 95.9 Å². The maximum absolute atomic E-state index is 12.4. The van der Waals surface area contributed by atoms with Gasteiger partial charge in [-0.25, -0.2) is 0 Å². The highest BCUT2D eigenvalue weighted by molar-refractivity contribution is 5.76. The van der Waals surface area contributed by atoms with Crippen molar-refractivity contribution >= 4 is 11.9 Å². The van der Waals surface area contributed by atoms with Crippen LogP contribution in [0.4, 0.5) is 0 Å². The maximum atomic E-state index is 12.4. The van der Waals surface area contributed by atoms with Gasteiger partial charge in [0.1, 0.15) is 0 Å². The number of carbonyl (C=O) groups is 2. The summed E-state index contributed by atoms with van der Waals surface area (Å²) in [5.74, 6) is -0.0755. The van der Waals surface area contributed by atoms with Crippen molar-refractivity contribution in [2.24, 2.45) is 0 Å². The number of hydrogen-bond donors (Lipinski definition) is 3. The minimum absolute atomic E-state index is 0.00316. The average Bonchev–Trinajstić information content (AvgIpc) is 3.36. The van der Waals surface area contributed by atoms with Crippen molar-refractivity contribution in [1.82, 2.24) is 5.32 Å². The quantitative estimate of drug-likeness (QED) is 0.0321. The van der Waals surface area contributed by atoms with Crippen LogP contribution in [-0.2, 0) is 14.3 Å². The smallest absolute Gasteiger partial charge is 0.305 e. The zero-order chi connectivity index (χ0) is 50.7. The summed E-state index contributed by atoms with van der Waals surface area (Å²) in [5.41, 5.74) is 0. The first-order valence-corrected chi connectivity index (χ1v) is 30.6. The van der Waals surface area contributed by atoms with Gasteiger partial charge < -0.3 is 20.3 Å². The van der Waals surface area contributed by atoms with Gasteiger partial charge in [0.2, 0.25) is 5.91 Å². The van der Waals surface area contributed by atoms with Gasteiger partial charge >= 0.3 is 5.97 Å². The molecule has 0 aliphatic rings. The van der Waals surface area contributed by atoms with Gasteiger partial charge in [-0.3, -0.25) is 9.59 Å². The van der Waals surface area contributed by atoms with Gasteiger partial charge in [-0.05, 0) is 96.3 Å². The van der Waals surface area contributed by atoms with Gasteiger partial charge in [0.25, 0.3) is 0 Å². The van der Waals surface area contributed by atoms with E-state index in [0.29, 0.717) is 19.4 Å². The van der Waals surface area contributed by atoms with Crippen LogP contribution in [0.15, 0.2) is 60.8 Å². The lowest BCUT2D eigenvalue weighted by Gasteiger charge is -2.20. The molecule has 0 radical (unpaired) electrons. The van der Waals surface area contributed by atoms with Crippen molar-refractivity contribution < 1.29 is 24.5 Å². The number of unbranched alkanes of at least 4 members (excludes halogenated alkanes) is 37. The van der Waals surface area contributed by atoms with Crippen molar-refractivity contribution in [2.75, 3.05) is 13.2 Å². The summed E-state index contributed by atoms with van der Waals surface area (Å²) in [4.78, 5) is 24.4. The van der Waals surface area contributed by atoms with E-state index < -0.39 is 12.1 Å². The largest absolute Gasteiger partial charge is 0.466 e. The SMILES string of the molecule is CCCCC/C=C\C/C=C\CCCCCCCC(=O)OCCCCCCCCCCC/C=C\C/C=C\CCCCCCCCCCCCCCCC(=O)NC(CO)C(O)/C=C/CCCCCCCCC. The fraction of sp³-hybridized carbons (Fsp3) is 0.812. The van der Waals surface area contributed by atoms with Gasteiger partial charge in [-0.15, -0.1) is 0 Å². The summed E-state index contributed by atoms with van der Waals surface area (Å²) >= 11 is 0. The molecule has 408 valence electrons. The molecule has 6 heteroatoms. The first kappa shape index (κ1) is 67.6. The normalized spacial score (nSPS) is 13.0. The lowest BCUT2D eigenvalue weighted by molar-refractivity contribution is -0.143. The van der Waals surface area contributed by atoms with Crippen molar-refractivity contribution in [1.29, 1.82) is 0 Å². The van der Waals surface area contributed by atoms with Crippen LogP contribution in [0.2, 0.25) is 0 Å². The van der Waals surface area contributed by atoms with Crippen LogP contribution in [0.1, 0.15) is 309 Å². The summed E-state index contributed by atoms with van der Waals surface area (Å²) in [5, 5.41) is 22.9. The third kappa shape index (κ3) is 54.9. The molecule has 0 saturated carbocycles. The van der Waals surface area contributed by atoms with Crippen LogP contribution >= 0.6 is 0 Å². The van der Waals surface area contributed by atoms with Crippen LogP contribution < -0.4 is 5.32 Å². The standard InChI is InChI=1S/C64H117NO5/c1-3-5-7-9-11-13-14-15-31-35-38-42-46-50-54-58-64(69)70-59-55-51-47-43-39-36-33-30-28-26-24-22-20-18-16-17-19-21-23-25-27-29-32-34-37-41-45-49-53-57-63(68)65-61(60-66)62(67)56-52-48-44-40-12-10-8-6-4-2/h11,13,15-16,18,22,24,31,52,56,61-62,66-67H,3-10,12,14,17,19-21,23,25-30,32-51,53-55,57-60H2,1-2H3,(H,65,68)/b13-11-,18-16-,24-22-,31-15-,56-52+. The second-order valence-electron chi connectivity index (χ2n) is 20.7. The lowest BCUT2D eigenvalue weighted by Crippen LogP contribution is -2.45. The summed E-state index contributed by atoms with van der Waals surface area (Å²) in [7, 11) is 0. The van der Waals surface area contributed by atoms with E-state index in [2.05, 4.69) is 67.8 Å². The number of hydrogen-bond acceptors (Lipinski definition) is 5. The maximum Gasteiger partial charge on any atom is 0.305 e. The fourth-order valence-electron chi connectivity index (χ4n) is 9.05. The summed E-state index contributed by atoms with van der Waals surface area (Å²) < 4.78 is 5.47. The molecule has 0 aromatic heterocycles. The molecule has 2 unspecified atom stereocenters. The molecule has 0 spiro atoms. The second-order valence-corrected chi connectivity index (χ2v) is 20.7. The molecule has 70 heavy (non-hydrogen) atoms. The Hall–Kier alpha value is -2.44. The van der Waals surface area contributed by atoms with Crippen LogP contribution in [0.5, 0.6) is 0 Å². The van der Waals surface area contributed by atoms with E-state index in [9.17, 15) is 19.8 Å². The summed E-state index contributed by atoms with van der Waals surface area (Å²) in [6.45, 7) is 4.84. The minimum atomic E-state index is -0.844. The molecule has 1 amide bonds. The number of ether oxygens (including phenoxy) is 1. The Morgan fingerprint density at radius 1 is 0.400 bits per heavy atom. The van der Waals surface area contributed by atoms with Crippen molar-refractivity contribution in [3.63, 3.8) is 0 Å². The molecule has 2 atom stereocenters. The highest BCUT2D eigenvalue weighted by Crippen LogP contribution is 2.16. The van der Waals surface area contributed by atoms with Gasteiger partial charge in [-0.2, -0.15) is 0 Å². The first-order valence-electron chi connectivity index (χ1n) is 30.6. The lowest BCUT2D eigenvalue weighted by atomic mass is 10.0. The van der Waals surface area contributed by atoms with E-state index in [1.165, 1.54) is 225 Å². The Morgan fingerprint density at radius 2 is 0.714 bits per heavy atom. The van der Waals surface area contributed by atoms with Crippen molar-refractivity contribution in [3.05, 3.63) is 60.8 Å². The molecule has 0 aromatic rings. The van der Waals surface area contributed by atoms with Gasteiger partial charge in [0.05, 0.1) is 25.4 Å². The van der Waals surface area contributed by atoms with Crippen LogP contribution in [0.3, 0.4) is 0 Å². The zero-order valence-corrected chi connectivity index (χ0v) is 46.5. The molecule has 0 aromatic carbocycles. The predicted octanol–water partition coefficient (Wildman–Crippen LogP) is 19.1. The fourth-order valence-corrected chi connectivity index (χ4v) is 9.05.